The summed E-state index contributed by atoms with van der Waals surface area (Å²) in [6.07, 6.45) is 0. The molecule has 0 saturated heterocycles. The van der Waals surface area contributed by atoms with Crippen LogP contribution in [0.3, 0.4) is 0 Å². The summed E-state index contributed by atoms with van der Waals surface area (Å²) >= 11 is 7.37. The quantitative estimate of drug-likeness (QED) is 0.501. The third-order valence-corrected chi connectivity index (χ3v) is 5.69. The molecule has 2 aromatic rings. The maximum atomic E-state index is 12.7. The van der Waals surface area contributed by atoms with E-state index in [0.717, 1.165) is 5.56 Å². The van der Waals surface area contributed by atoms with E-state index in [4.69, 9.17) is 11.6 Å². The smallest absolute Gasteiger partial charge is 0.256 e. The largest absolute Gasteiger partial charge is 0.304 e. The van der Waals surface area contributed by atoms with Crippen molar-refractivity contribution in [3.8, 4) is 22.6 Å². The molecule has 29 heavy (non-hydrogen) atoms. The molecule has 0 radical (unpaired) electrons. The molecule has 0 unspecified atom stereocenters. The van der Waals surface area contributed by atoms with Gasteiger partial charge in [0.1, 0.15) is 0 Å². The Morgan fingerprint density at radius 1 is 1.07 bits per heavy atom. The van der Waals surface area contributed by atoms with Gasteiger partial charge in [-0.25, -0.2) is 9.55 Å². The lowest BCUT2D eigenvalue weighted by Crippen LogP contribution is -2.15. The van der Waals surface area contributed by atoms with Crippen molar-refractivity contribution in [1.29, 1.82) is 0 Å². The minimum Gasteiger partial charge on any atom is -0.304 e. The molecule has 1 amide bonds. The number of carbonyl (C=O) groups is 2. The van der Waals surface area contributed by atoms with Gasteiger partial charge in [-0.2, -0.15) is 0 Å². The van der Waals surface area contributed by atoms with E-state index >= 15 is 0 Å². The van der Waals surface area contributed by atoms with Crippen LogP contribution in [0, 0.1) is 0 Å². The van der Waals surface area contributed by atoms with Gasteiger partial charge in [0.25, 0.3) is 5.91 Å². The molecule has 7 nitrogen and oxygen atoms in total. The fourth-order valence-electron chi connectivity index (χ4n) is 3.16. The molecular weight excluding hydrogens is 410 g/mol. The fraction of sp³-hybridized carbons (Fsp3) is 0.0500. The molecule has 142 valence electrons. The molecule has 3 aliphatic rings. The highest BCUT2D eigenvalue weighted by molar-refractivity contribution is 8.00. The molecule has 1 N–H and O–H groups in total. The number of amides is 1. The fourth-order valence-corrected chi connectivity index (χ4v) is 4.14. The van der Waals surface area contributed by atoms with Gasteiger partial charge in [-0.3, -0.25) is 9.59 Å². The predicted molar refractivity (Wildman–Crippen MR) is 111 cm³/mol. The van der Waals surface area contributed by atoms with Gasteiger partial charge < -0.3 is 5.32 Å². The summed E-state index contributed by atoms with van der Waals surface area (Å²) in [6, 6.07) is 16.0. The molecule has 0 fully saturated rings. The average molecular weight is 422 g/mol. The zero-order chi connectivity index (χ0) is 20.0. The Hall–Kier alpha value is -3.23. The van der Waals surface area contributed by atoms with E-state index in [1.54, 1.807) is 36.4 Å². The van der Waals surface area contributed by atoms with E-state index in [0.29, 0.717) is 32.8 Å². The standard InChI is InChI=1S/C20H12ClN5O2S/c21-13-8-6-11(7-9-13)16-15-17(23-19(28)12-4-2-1-3-5-12)24-25-18(15)26-14(27)10-29-20(26)22-16/h1-9H,10H2,(H,23,24,28). The molecule has 0 aliphatic carbocycles. The minimum atomic E-state index is -0.319. The number of nitrogens with zero attached hydrogens (tertiary/aromatic N) is 4. The third kappa shape index (κ3) is 3.06. The number of carbonyl (C=O) groups excluding carboxylic acids is 2. The van der Waals surface area contributed by atoms with Crippen LogP contribution in [0.5, 0.6) is 0 Å². The highest BCUT2D eigenvalue weighted by Gasteiger charge is 2.33. The lowest BCUT2D eigenvalue weighted by Gasteiger charge is -2.13. The summed E-state index contributed by atoms with van der Waals surface area (Å²) in [5, 5.41) is 12.3. The second-order valence-corrected chi connectivity index (χ2v) is 7.71. The Morgan fingerprint density at radius 2 is 1.83 bits per heavy atom. The number of thioether (sulfide) groups is 1. The molecule has 0 spiro atoms. The number of hydrogen-bond donors (Lipinski definition) is 1. The van der Waals surface area contributed by atoms with Crippen molar-refractivity contribution in [2.75, 3.05) is 11.1 Å². The first-order chi connectivity index (χ1) is 14.1. The first-order valence-electron chi connectivity index (χ1n) is 8.69. The van der Waals surface area contributed by atoms with Gasteiger partial charge in [-0.05, 0) is 24.3 Å². The van der Waals surface area contributed by atoms with E-state index in [1.807, 2.05) is 18.2 Å². The molecule has 0 atom stereocenters. The molecule has 9 heteroatoms. The molecule has 0 aromatic heterocycles. The topological polar surface area (TPSA) is 89.8 Å². The zero-order valence-electron chi connectivity index (χ0n) is 14.8. The second-order valence-electron chi connectivity index (χ2n) is 6.34. The van der Waals surface area contributed by atoms with Crippen LogP contribution in [-0.2, 0) is 0 Å². The number of benzene rings is 2. The SMILES string of the molecule is O=C(Nc1nnc2n3c(nc(-c4ccc(Cl)cc4)c1-2)SCC3=O)c1ccccc1. The summed E-state index contributed by atoms with van der Waals surface area (Å²) in [6.45, 7) is 0. The Bertz CT molecular complexity index is 1220. The average Bonchev–Trinajstić information content (AvgIpc) is 3.32. The lowest BCUT2D eigenvalue weighted by atomic mass is 10.1. The second kappa shape index (κ2) is 6.98. The first kappa shape index (κ1) is 17.8. The number of aromatic nitrogens is 4. The molecule has 2 aromatic carbocycles. The van der Waals surface area contributed by atoms with E-state index in [-0.39, 0.29) is 23.4 Å². The highest BCUT2D eigenvalue weighted by atomic mass is 35.5. The van der Waals surface area contributed by atoms with Crippen molar-refractivity contribution in [3.63, 3.8) is 0 Å². The van der Waals surface area contributed by atoms with E-state index in [2.05, 4.69) is 20.5 Å². The Balaban J connectivity index is 1.67. The molecule has 0 bridgehead atoms. The van der Waals surface area contributed by atoms with Crippen LogP contribution in [0.1, 0.15) is 15.2 Å². The molecule has 3 aliphatic heterocycles. The summed E-state index contributed by atoms with van der Waals surface area (Å²) < 4.78 is 1.45. The van der Waals surface area contributed by atoms with Gasteiger partial charge >= 0.3 is 0 Å². The summed E-state index contributed by atoms with van der Waals surface area (Å²) in [4.78, 5) is 29.7. The van der Waals surface area contributed by atoms with Crippen LogP contribution in [0.25, 0.3) is 22.6 Å². The number of anilines is 1. The molecule has 5 rings (SSSR count). The molecule has 3 heterocycles. The van der Waals surface area contributed by atoms with E-state index in [9.17, 15) is 9.59 Å². The van der Waals surface area contributed by atoms with Gasteiger partial charge in [0.2, 0.25) is 5.91 Å². The van der Waals surface area contributed by atoms with Gasteiger partial charge in [0, 0.05) is 16.1 Å². The molecule has 0 saturated carbocycles. The maximum Gasteiger partial charge on any atom is 0.256 e. The van der Waals surface area contributed by atoms with E-state index < -0.39 is 0 Å². The number of fused-ring (bicyclic) bond motifs is 3. The number of hydrogen-bond acceptors (Lipinski definition) is 6. The minimum absolute atomic E-state index is 0.119. The van der Waals surface area contributed by atoms with Crippen LogP contribution < -0.4 is 5.32 Å². The van der Waals surface area contributed by atoms with Gasteiger partial charge in [-0.1, -0.05) is 53.7 Å². The van der Waals surface area contributed by atoms with Crippen molar-refractivity contribution in [1.82, 2.24) is 19.7 Å². The van der Waals surface area contributed by atoms with E-state index in [1.165, 1.54) is 16.3 Å². The number of rotatable bonds is 3. The zero-order valence-corrected chi connectivity index (χ0v) is 16.4. The van der Waals surface area contributed by atoms with Crippen molar-refractivity contribution in [2.24, 2.45) is 0 Å². The van der Waals surface area contributed by atoms with Crippen LogP contribution in [0.4, 0.5) is 5.82 Å². The summed E-state index contributed by atoms with van der Waals surface area (Å²) in [5.74, 6) is 0.473. The van der Waals surface area contributed by atoms with Gasteiger partial charge in [0.15, 0.2) is 16.8 Å². The predicted octanol–water partition coefficient (Wildman–Crippen LogP) is 4.10. The highest BCUT2D eigenvalue weighted by Crippen LogP contribution is 2.41. The Morgan fingerprint density at radius 3 is 2.59 bits per heavy atom. The van der Waals surface area contributed by atoms with Crippen LogP contribution in [-0.4, -0.2) is 37.3 Å². The molecular formula is C20H12ClN5O2S. The first-order valence-corrected chi connectivity index (χ1v) is 10.1. The number of nitrogens with one attached hydrogen (secondary N) is 1. The monoisotopic (exact) mass is 421 g/mol. The van der Waals surface area contributed by atoms with Crippen molar-refractivity contribution >= 4 is 41.0 Å². The summed E-state index contributed by atoms with van der Waals surface area (Å²) in [5.41, 5.74) is 2.37. The maximum absolute atomic E-state index is 12.7. The number of halogens is 1. The Kier molecular flexibility index (Phi) is 4.30. The normalized spacial score (nSPS) is 12.9. The van der Waals surface area contributed by atoms with Crippen molar-refractivity contribution in [2.45, 2.75) is 5.16 Å². The van der Waals surface area contributed by atoms with Crippen molar-refractivity contribution in [3.05, 3.63) is 65.2 Å². The van der Waals surface area contributed by atoms with Gasteiger partial charge in [0.05, 0.1) is 17.0 Å². The summed E-state index contributed by atoms with van der Waals surface area (Å²) in [7, 11) is 0. The van der Waals surface area contributed by atoms with Crippen LogP contribution >= 0.6 is 23.4 Å². The third-order valence-electron chi connectivity index (χ3n) is 4.51. The van der Waals surface area contributed by atoms with Crippen LogP contribution in [0.2, 0.25) is 5.02 Å². The van der Waals surface area contributed by atoms with Crippen LogP contribution in [0.15, 0.2) is 59.8 Å². The van der Waals surface area contributed by atoms with Crippen molar-refractivity contribution < 1.29 is 9.59 Å². The Labute approximate surface area is 174 Å². The lowest BCUT2D eigenvalue weighted by molar-refractivity contribution is 0.0937. The van der Waals surface area contributed by atoms with Gasteiger partial charge in [-0.15, -0.1) is 10.2 Å².